The van der Waals surface area contributed by atoms with E-state index in [4.69, 9.17) is 10.5 Å². The molecular weight excluding hydrogens is 334 g/mol. The lowest BCUT2D eigenvalue weighted by Crippen LogP contribution is -2.10. The normalized spacial score (nSPS) is 12.6. The lowest BCUT2D eigenvalue weighted by molar-refractivity contribution is 0.419. The summed E-state index contributed by atoms with van der Waals surface area (Å²) in [4.78, 5) is 1.15. The van der Waals surface area contributed by atoms with Crippen LogP contribution in [0.4, 0.5) is 0 Å². The fourth-order valence-electron chi connectivity index (χ4n) is 2.39. The van der Waals surface area contributed by atoms with E-state index in [1.54, 1.807) is 18.4 Å². The lowest BCUT2D eigenvalue weighted by Gasteiger charge is -2.15. The SMILES string of the molecule is COc1ccc(C(N)c2ccc(Br)s2)c2ccccc12. The van der Waals surface area contributed by atoms with Gasteiger partial charge in [-0.25, -0.2) is 0 Å². The Bertz CT molecular complexity index is 753. The minimum Gasteiger partial charge on any atom is -0.496 e. The highest BCUT2D eigenvalue weighted by molar-refractivity contribution is 9.11. The van der Waals surface area contributed by atoms with Crippen LogP contribution < -0.4 is 10.5 Å². The number of ether oxygens (including phenoxy) is 1. The van der Waals surface area contributed by atoms with Gasteiger partial charge in [-0.3, -0.25) is 0 Å². The number of hydrogen-bond donors (Lipinski definition) is 1. The Balaban J connectivity index is 2.17. The van der Waals surface area contributed by atoms with Gasteiger partial charge in [0.2, 0.25) is 0 Å². The topological polar surface area (TPSA) is 35.2 Å². The second kappa shape index (κ2) is 5.56. The number of thiophene rings is 1. The van der Waals surface area contributed by atoms with Crippen molar-refractivity contribution in [1.29, 1.82) is 0 Å². The van der Waals surface area contributed by atoms with Crippen LogP contribution in [0.3, 0.4) is 0 Å². The highest BCUT2D eigenvalue weighted by Gasteiger charge is 2.15. The van der Waals surface area contributed by atoms with Gasteiger partial charge in [0, 0.05) is 10.3 Å². The molecule has 0 radical (unpaired) electrons. The van der Waals surface area contributed by atoms with Gasteiger partial charge in [0.05, 0.1) is 16.9 Å². The Labute approximate surface area is 130 Å². The first-order chi connectivity index (χ1) is 9.70. The maximum Gasteiger partial charge on any atom is 0.126 e. The van der Waals surface area contributed by atoms with E-state index in [9.17, 15) is 0 Å². The largest absolute Gasteiger partial charge is 0.496 e. The Hall–Kier alpha value is -1.36. The van der Waals surface area contributed by atoms with Crippen LogP contribution in [0.2, 0.25) is 0 Å². The summed E-state index contributed by atoms with van der Waals surface area (Å²) < 4.78 is 6.52. The molecule has 1 unspecified atom stereocenters. The molecule has 1 aromatic heterocycles. The quantitative estimate of drug-likeness (QED) is 0.743. The highest BCUT2D eigenvalue weighted by Crippen LogP contribution is 2.35. The summed E-state index contributed by atoms with van der Waals surface area (Å²) >= 11 is 5.16. The maximum atomic E-state index is 6.44. The van der Waals surface area contributed by atoms with Gasteiger partial charge in [0.25, 0.3) is 0 Å². The van der Waals surface area contributed by atoms with Crippen LogP contribution in [0, 0.1) is 0 Å². The maximum absolute atomic E-state index is 6.44. The molecule has 0 amide bonds. The zero-order valence-electron chi connectivity index (χ0n) is 11.0. The average molecular weight is 348 g/mol. The second-order valence-electron chi connectivity index (χ2n) is 4.52. The van der Waals surface area contributed by atoms with Crippen molar-refractivity contribution in [3.63, 3.8) is 0 Å². The van der Waals surface area contributed by atoms with Crippen LogP contribution in [0.1, 0.15) is 16.5 Å². The molecule has 0 spiro atoms. The number of methoxy groups -OCH3 is 1. The van der Waals surface area contributed by atoms with Gasteiger partial charge >= 0.3 is 0 Å². The van der Waals surface area contributed by atoms with Gasteiger partial charge < -0.3 is 10.5 Å². The molecule has 0 aliphatic heterocycles. The third-order valence-corrected chi connectivity index (χ3v) is 5.08. The minimum atomic E-state index is -0.123. The summed E-state index contributed by atoms with van der Waals surface area (Å²) in [5.74, 6) is 0.879. The number of hydrogen-bond acceptors (Lipinski definition) is 3. The molecule has 1 heterocycles. The summed E-state index contributed by atoms with van der Waals surface area (Å²) in [6.07, 6.45) is 0. The highest BCUT2D eigenvalue weighted by atomic mass is 79.9. The zero-order chi connectivity index (χ0) is 14.1. The number of halogens is 1. The molecule has 0 aliphatic rings. The van der Waals surface area contributed by atoms with Gasteiger partial charge in [0.1, 0.15) is 5.75 Å². The van der Waals surface area contributed by atoms with E-state index in [1.165, 1.54) is 0 Å². The fraction of sp³-hybridized carbons (Fsp3) is 0.125. The van der Waals surface area contributed by atoms with Crippen molar-refractivity contribution in [2.45, 2.75) is 6.04 Å². The molecule has 102 valence electrons. The van der Waals surface area contributed by atoms with Crippen molar-refractivity contribution < 1.29 is 4.74 Å². The van der Waals surface area contributed by atoms with E-state index < -0.39 is 0 Å². The van der Waals surface area contributed by atoms with Gasteiger partial charge in [0.15, 0.2) is 0 Å². The van der Waals surface area contributed by atoms with Gasteiger partial charge in [-0.1, -0.05) is 30.3 Å². The van der Waals surface area contributed by atoms with E-state index in [-0.39, 0.29) is 6.04 Å². The molecule has 4 heteroatoms. The van der Waals surface area contributed by atoms with Crippen LogP contribution in [0.5, 0.6) is 5.75 Å². The predicted molar refractivity (Wildman–Crippen MR) is 88.5 cm³/mol. The van der Waals surface area contributed by atoms with E-state index in [2.05, 4.69) is 40.2 Å². The predicted octanol–water partition coefficient (Wildman–Crippen LogP) is 4.72. The minimum absolute atomic E-state index is 0.123. The standard InChI is InChI=1S/C16H14BrNOS/c1-19-13-7-6-12(10-4-2-3-5-11(10)13)16(18)14-8-9-15(17)20-14/h2-9,16H,18H2,1H3. The molecular formula is C16H14BrNOS. The van der Waals surface area contributed by atoms with Crippen LogP contribution in [0.25, 0.3) is 10.8 Å². The lowest BCUT2D eigenvalue weighted by atomic mass is 9.97. The van der Waals surface area contributed by atoms with Crippen LogP contribution in [-0.2, 0) is 0 Å². The molecule has 3 aromatic rings. The van der Waals surface area contributed by atoms with E-state index in [1.807, 2.05) is 24.3 Å². The van der Waals surface area contributed by atoms with E-state index in [0.29, 0.717) is 0 Å². The van der Waals surface area contributed by atoms with Crippen LogP contribution in [0.15, 0.2) is 52.3 Å². The number of rotatable bonds is 3. The molecule has 20 heavy (non-hydrogen) atoms. The number of benzene rings is 2. The molecule has 0 bridgehead atoms. The van der Waals surface area contributed by atoms with Crippen molar-refractivity contribution in [3.05, 3.63) is 62.8 Å². The molecule has 3 rings (SSSR count). The van der Waals surface area contributed by atoms with Gasteiger partial charge in [-0.2, -0.15) is 0 Å². The molecule has 0 aliphatic carbocycles. The smallest absolute Gasteiger partial charge is 0.126 e. The Morgan fingerprint density at radius 2 is 1.80 bits per heavy atom. The summed E-state index contributed by atoms with van der Waals surface area (Å²) in [6.45, 7) is 0. The summed E-state index contributed by atoms with van der Waals surface area (Å²) in [5, 5.41) is 2.24. The monoisotopic (exact) mass is 347 g/mol. The molecule has 2 aromatic carbocycles. The average Bonchev–Trinajstić information content (AvgIpc) is 2.92. The molecule has 2 nitrogen and oxygen atoms in total. The number of fused-ring (bicyclic) bond motifs is 1. The molecule has 1 atom stereocenters. The van der Waals surface area contributed by atoms with Gasteiger partial charge in [-0.15, -0.1) is 11.3 Å². The third-order valence-electron chi connectivity index (χ3n) is 3.37. The second-order valence-corrected chi connectivity index (χ2v) is 7.02. The van der Waals surface area contributed by atoms with Crippen molar-refractivity contribution in [2.24, 2.45) is 5.73 Å². The van der Waals surface area contributed by atoms with Crippen LogP contribution >= 0.6 is 27.3 Å². The van der Waals surface area contributed by atoms with Crippen molar-refractivity contribution >= 4 is 38.0 Å². The first-order valence-electron chi connectivity index (χ1n) is 6.27. The van der Waals surface area contributed by atoms with Gasteiger partial charge in [-0.05, 0) is 45.1 Å². The molecule has 2 N–H and O–H groups in total. The molecule has 0 saturated carbocycles. The summed E-state index contributed by atoms with van der Waals surface area (Å²) in [7, 11) is 1.69. The number of nitrogens with two attached hydrogens (primary N) is 1. The summed E-state index contributed by atoms with van der Waals surface area (Å²) in [6, 6.07) is 16.2. The first-order valence-corrected chi connectivity index (χ1v) is 7.88. The third kappa shape index (κ3) is 2.35. The van der Waals surface area contributed by atoms with Crippen molar-refractivity contribution in [2.75, 3.05) is 7.11 Å². The van der Waals surface area contributed by atoms with E-state index in [0.717, 1.165) is 30.7 Å². The zero-order valence-corrected chi connectivity index (χ0v) is 13.4. The fourth-order valence-corrected chi connectivity index (χ4v) is 3.84. The Morgan fingerprint density at radius 3 is 2.45 bits per heavy atom. The van der Waals surface area contributed by atoms with Crippen molar-refractivity contribution in [3.8, 4) is 5.75 Å². The summed E-state index contributed by atoms with van der Waals surface area (Å²) in [5.41, 5.74) is 7.56. The Kier molecular flexibility index (Phi) is 3.78. The van der Waals surface area contributed by atoms with E-state index >= 15 is 0 Å². The van der Waals surface area contributed by atoms with Crippen molar-refractivity contribution in [1.82, 2.24) is 0 Å². The first kappa shape index (κ1) is 13.6. The molecule has 0 fully saturated rings. The Morgan fingerprint density at radius 1 is 1.05 bits per heavy atom. The van der Waals surface area contributed by atoms with Crippen LogP contribution in [-0.4, -0.2) is 7.11 Å². The molecule has 0 saturated heterocycles.